The molecule has 0 bridgehead atoms. The normalized spacial score (nSPS) is 11.1. The highest BCUT2D eigenvalue weighted by molar-refractivity contribution is 5.87. The quantitative estimate of drug-likeness (QED) is 0.756. The van der Waals surface area contributed by atoms with Crippen LogP contribution in [-0.2, 0) is 0 Å². The van der Waals surface area contributed by atoms with Gasteiger partial charge in [0.1, 0.15) is 11.6 Å². The predicted molar refractivity (Wildman–Crippen MR) is 83.3 cm³/mol. The van der Waals surface area contributed by atoms with Gasteiger partial charge >= 0.3 is 0 Å². The van der Waals surface area contributed by atoms with Crippen LogP contribution in [0.4, 0.5) is 20.2 Å². The van der Waals surface area contributed by atoms with Crippen LogP contribution in [-0.4, -0.2) is 10.2 Å². The summed E-state index contributed by atoms with van der Waals surface area (Å²) in [5.41, 5.74) is 1.87. The van der Waals surface area contributed by atoms with Gasteiger partial charge in [-0.25, -0.2) is 8.78 Å². The van der Waals surface area contributed by atoms with Gasteiger partial charge in [0.05, 0.1) is 17.6 Å². The maximum Gasteiger partial charge on any atom is 0.149 e. The van der Waals surface area contributed by atoms with Crippen LogP contribution in [0.2, 0.25) is 0 Å². The largest absolute Gasteiger partial charge is 0.353 e. The Morgan fingerprint density at radius 3 is 2.59 bits per heavy atom. The molecule has 0 amide bonds. The SMILES string of the molecule is CC(C)c1nncc2cc(Nc3ccc(F)cc3F)ccc12. The van der Waals surface area contributed by atoms with E-state index in [1.54, 1.807) is 6.20 Å². The average molecular weight is 299 g/mol. The summed E-state index contributed by atoms with van der Waals surface area (Å²) in [6.45, 7) is 4.12. The minimum atomic E-state index is -0.629. The summed E-state index contributed by atoms with van der Waals surface area (Å²) in [6.07, 6.45) is 1.67. The fraction of sp³-hybridized carbons (Fsp3) is 0.176. The summed E-state index contributed by atoms with van der Waals surface area (Å²) in [4.78, 5) is 0. The number of hydrogen-bond acceptors (Lipinski definition) is 3. The Hall–Kier alpha value is -2.56. The summed E-state index contributed by atoms with van der Waals surface area (Å²) >= 11 is 0. The van der Waals surface area contributed by atoms with Crippen LogP contribution in [0, 0.1) is 11.6 Å². The fourth-order valence-corrected chi connectivity index (χ4v) is 2.36. The molecule has 0 radical (unpaired) electrons. The number of aromatic nitrogens is 2. The van der Waals surface area contributed by atoms with Crippen LogP contribution in [0.25, 0.3) is 10.8 Å². The van der Waals surface area contributed by atoms with Gasteiger partial charge in [0.25, 0.3) is 0 Å². The number of halogens is 2. The molecule has 1 heterocycles. The summed E-state index contributed by atoms with van der Waals surface area (Å²) < 4.78 is 26.6. The highest BCUT2D eigenvalue weighted by Crippen LogP contribution is 2.27. The second-order valence-electron chi connectivity index (χ2n) is 5.44. The minimum Gasteiger partial charge on any atom is -0.353 e. The number of benzene rings is 2. The molecule has 1 N–H and O–H groups in total. The van der Waals surface area contributed by atoms with Crippen LogP contribution in [0.15, 0.2) is 42.6 Å². The average Bonchev–Trinajstić information content (AvgIpc) is 2.49. The van der Waals surface area contributed by atoms with E-state index in [0.29, 0.717) is 5.69 Å². The van der Waals surface area contributed by atoms with Gasteiger partial charge in [-0.3, -0.25) is 0 Å². The lowest BCUT2D eigenvalue weighted by Crippen LogP contribution is -1.98. The number of nitrogens with one attached hydrogen (secondary N) is 1. The van der Waals surface area contributed by atoms with Crippen LogP contribution in [0.1, 0.15) is 25.5 Å². The molecule has 0 saturated heterocycles. The zero-order valence-corrected chi connectivity index (χ0v) is 12.3. The molecule has 0 atom stereocenters. The van der Waals surface area contributed by atoms with Gasteiger partial charge in [0.2, 0.25) is 0 Å². The molecule has 1 aromatic heterocycles. The Bertz CT molecular complexity index is 831. The predicted octanol–water partition coefficient (Wildman–Crippen LogP) is 4.78. The Balaban J connectivity index is 1.99. The van der Waals surface area contributed by atoms with Crippen molar-refractivity contribution in [3.63, 3.8) is 0 Å². The van der Waals surface area contributed by atoms with Crippen LogP contribution in [0.3, 0.4) is 0 Å². The van der Waals surface area contributed by atoms with Gasteiger partial charge in [0, 0.05) is 22.5 Å². The molecule has 0 aliphatic heterocycles. The summed E-state index contributed by atoms with van der Waals surface area (Å²) in [7, 11) is 0. The van der Waals surface area contributed by atoms with E-state index in [1.807, 2.05) is 18.2 Å². The maximum atomic E-state index is 13.7. The molecule has 0 unspecified atom stereocenters. The van der Waals surface area contributed by atoms with Crippen molar-refractivity contribution in [3.8, 4) is 0 Å². The molecule has 112 valence electrons. The first-order chi connectivity index (χ1) is 10.5. The molecule has 0 aliphatic carbocycles. The zero-order chi connectivity index (χ0) is 15.7. The minimum absolute atomic E-state index is 0.229. The fourth-order valence-electron chi connectivity index (χ4n) is 2.36. The van der Waals surface area contributed by atoms with E-state index in [2.05, 4.69) is 29.4 Å². The summed E-state index contributed by atoms with van der Waals surface area (Å²) in [5.74, 6) is -0.959. The number of fused-ring (bicyclic) bond motifs is 1. The molecule has 0 aliphatic rings. The molecule has 5 heteroatoms. The lowest BCUT2D eigenvalue weighted by Gasteiger charge is -2.11. The molecule has 3 aromatic rings. The smallest absolute Gasteiger partial charge is 0.149 e. The molecule has 0 fully saturated rings. The third-order valence-electron chi connectivity index (χ3n) is 3.45. The third-order valence-corrected chi connectivity index (χ3v) is 3.45. The van der Waals surface area contributed by atoms with Crippen molar-refractivity contribution >= 4 is 22.1 Å². The molecule has 22 heavy (non-hydrogen) atoms. The van der Waals surface area contributed by atoms with Crippen LogP contribution < -0.4 is 5.32 Å². The van der Waals surface area contributed by atoms with Gasteiger partial charge in [-0.1, -0.05) is 19.9 Å². The van der Waals surface area contributed by atoms with Gasteiger partial charge < -0.3 is 5.32 Å². The highest BCUT2D eigenvalue weighted by Gasteiger charge is 2.09. The first-order valence-electron chi connectivity index (χ1n) is 7.02. The molecular formula is C17H15F2N3. The number of rotatable bonds is 3. The van der Waals surface area contributed by atoms with Crippen molar-refractivity contribution in [2.24, 2.45) is 0 Å². The van der Waals surface area contributed by atoms with Crippen molar-refractivity contribution in [2.75, 3.05) is 5.32 Å². The molecule has 0 spiro atoms. The number of hydrogen-bond donors (Lipinski definition) is 1. The van der Waals surface area contributed by atoms with Crippen molar-refractivity contribution in [1.82, 2.24) is 10.2 Å². The van der Waals surface area contributed by atoms with E-state index < -0.39 is 11.6 Å². The van der Waals surface area contributed by atoms with Crippen molar-refractivity contribution in [2.45, 2.75) is 19.8 Å². The molecule has 0 saturated carbocycles. The first-order valence-corrected chi connectivity index (χ1v) is 7.02. The van der Waals surface area contributed by atoms with Crippen molar-refractivity contribution in [3.05, 3.63) is 59.9 Å². The Kier molecular flexibility index (Phi) is 3.71. The van der Waals surface area contributed by atoms with E-state index in [1.165, 1.54) is 12.1 Å². The lowest BCUT2D eigenvalue weighted by molar-refractivity contribution is 0.586. The molecular weight excluding hydrogens is 284 g/mol. The van der Waals surface area contributed by atoms with Crippen LogP contribution >= 0.6 is 0 Å². The number of anilines is 2. The van der Waals surface area contributed by atoms with E-state index in [4.69, 9.17) is 0 Å². The van der Waals surface area contributed by atoms with Gasteiger partial charge in [-0.2, -0.15) is 10.2 Å². The van der Waals surface area contributed by atoms with E-state index >= 15 is 0 Å². The molecule has 3 nitrogen and oxygen atoms in total. The second-order valence-corrected chi connectivity index (χ2v) is 5.44. The van der Waals surface area contributed by atoms with E-state index in [9.17, 15) is 8.78 Å². The zero-order valence-electron chi connectivity index (χ0n) is 12.3. The summed E-state index contributed by atoms with van der Waals surface area (Å²) in [6, 6.07) is 9.10. The standard InChI is InChI=1S/C17H15F2N3/c1-10(2)17-14-5-4-13(7-11(14)9-20-22-17)21-16-6-3-12(18)8-15(16)19/h3-10,21H,1-2H3. The Morgan fingerprint density at radius 1 is 1.05 bits per heavy atom. The number of nitrogens with zero attached hydrogens (tertiary/aromatic N) is 2. The van der Waals surface area contributed by atoms with Gasteiger partial charge in [-0.05, 0) is 30.2 Å². The second kappa shape index (κ2) is 5.67. The topological polar surface area (TPSA) is 37.8 Å². The molecule has 3 rings (SSSR count). The third kappa shape index (κ3) is 2.74. The Morgan fingerprint density at radius 2 is 1.86 bits per heavy atom. The highest BCUT2D eigenvalue weighted by atomic mass is 19.1. The lowest BCUT2D eigenvalue weighted by atomic mass is 10.0. The van der Waals surface area contributed by atoms with E-state index in [-0.39, 0.29) is 11.6 Å². The van der Waals surface area contributed by atoms with Crippen LogP contribution in [0.5, 0.6) is 0 Å². The molecule has 2 aromatic carbocycles. The van der Waals surface area contributed by atoms with Gasteiger partial charge in [0.15, 0.2) is 0 Å². The first kappa shape index (κ1) is 14.4. The van der Waals surface area contributed by atoms with Crippen molar-refractivity contribution < 1.29 is 8.78 Å². The monoisotopic (exact) mass is 299 g/mol. The Labute approximate surface area is 127 Å². The van der Waals surface area contributed by atoms with E-state index in [0.717, 1.165) is 22.5 Å². The maximum absolute atomic E-state index is 13.7. The van der Waals surface area contributed by atoms with Gasteiger partial charge in [-0.15, -0.1) is 0 Å². The summed E-state index contributed by atoms with van der Waals surface area (Å²) in [5, 5.41) is 13.1. The van der Waals surface area contributed by atoms with Crippen molar-refractivity contribution in [1.29, 1.82) is 0 Å².